The summed E-state index contributed by atoms with van der Waals surface area (Å²) in [6.07, 6.45) is 0. The van der Waals surface area contributed by atoms with E-state index in [1.54, 1.807) is 6.07 Å². The lowest BCUT2D eigenvalue weighted by Gasteiger charge is -2.07. The Morgan fingerprint density at radius 3 is 2.65 bits per heavy atom. The summed E-state index contributed by atoms with van der Waals surface area (Å²) in [6, 6.07) is 20.1. The van der Waals surface area contributed by atoms with E-state index in [-0.39, 0.29) is 16.8 Å². The van der Waals surface area contributed by atoms with Crippen LogP contribution < -0.4 is 15.7 Å². The van der Waals surface area contributed by atoms with Gasteiger partial charge in [-0.25, -0.2) is 10.4 Å². The van der Waals surface area contributed by atoms with E-state index in [1.165, 1.54) is 31.4 Å². The van der Waals surface area contributed by atoms with E-state index in [1.807, 2.05) is 42.5 Å². The molecule has 5 rings (SSSR count). The molecule has 34 heavy (non-hydrogen) atoms. The summed E-state index contributed by atoms with van der Waals surface area (Å²) in [6.45, 7) is 0. The number of nitrogens with one attached hydrogen (secondary N) is 2. The molecule has 2 heterocycles. The first-order valence-electron chi connectivity index (χ1n) is 10.2. The van der Waals surface area contributed by atoms with Gasteiger partial charge in [-0.3, -0.25) is 14.9 Å². The van der Waals surface area contributed by atoms with E-state index in [4.69, 9.17) is 9.15 Å². The van der Waals surface area contributed by atoms with Gasteiger partial charge in [-0.05, 0) is 36.4 Å². The van der Waals surface area contributed by atoms with Crippen LogP contribution in [-0.2, 0) is 0 Å². The number of ether oxygens (including phenoxy) is 1. The van der Waals surface area contributed by atoms with Crippen molar-refractivity contribution in [3.63, 3.8) is 0 Å². The third-order valence-corrected chi connectivity index (χ3v) is 5.20. The van der Waals surface area contributed by atoms with Gasteiger partial charge in [0.05, 0.1) is 28.6 Å². The van der Waals surface area contributed by atoms with Crippen LogP contribution in [0.3, 0.4) is 0 Å². The second-order valence-electron chi connectivity index (χ2n) is 7.30. The summed E-state index contributed by atoms with van der Waals surface area (Å²) in [7, 11) is 1.53. The Bertz CT molecular complexity index is 1590. The first-order valence-corrected chi connectivity index (χ1v) is 10.2. The Balaban J connectivity index is 1.61. The topological polar surface area (TPSA) is 136 Å². The van der Waals surface area contributed by atoms with Gasteiger partial charge in [0.25, 0.3) is 11.6 Å². The van der Waals surface area contributed by atoms with E-state index in [2.05, 4.69) is 20.5 Å². The average molecular weight is 455 g/mol. The number of hydrogen-bond acceptors (Lipinski definition) is 7. The predicted molar refractivity (Wildman–Crippen MR) is 124 cm³/mol. The molecule has 0 radical (unpaired) electrons. The van der Waals surface area contributed by atoms with Crippen molar-refractivity contribution in [1.29, 1.82) is 0 Å². The van der Waals surface area contributed by atoms with E-state index in [0.717, 1.165) is 16.4 Å². The number of aromatic nitrogens is 2. The normalized spacial score (nSPS) is 11.6. The molecule has 168 valence electrons. The van der Waals surface area contributed by atoms with Crippen molar-refractivity contribution in [3.05, 3.63) is 94.0 Å². The van der Waals surface area contributed by atoms with E-state index >= 15 is 0 Å². The molecule has 2 aromatic heterocycles. The van der Waals surface area contributed by atoms with Crippen LogP contribution in [0.5, 0.6) is 5.75 Å². The Morgan fingerprint density at radius 1 is 1.12 bits per heavy atom. The number of carbonyl (C=O) groups is 1. The van der Waals surface area contributed by atoms with E-state index in [0.29, 0.717) is 22.7 Å². The van der Waals surface area contributed by atoms with Crippen molar-refractivity contribution in [1.82, 2.24) is 15.4 Å². The molecule has 0 saturated carbocycles. The number of imidazole rings is 1. The molecule has 0 fully saturated rings. The van der Waals surface area contributed by atoms with Crippen LogP contribution >= 0.6 is 0 Å². The molecule has 0 saturated heterocycles. The molecule has 0 aliphatic rings. The highest BCUT2D eigenvalue weighted by Gasteiger charge is 2.14. The summed E-state index contributed by atoms with van der Waals surface area (Å²) < 4.78 is 11.4. The molecule has 2 N–H and O–H groups in total. The van der Waals surface area contributed by atoms with Gasteiger partial charge in [0.15, 0.2) is 11.3 Å². The number of para-hydroxylation sites is 3. The number of fused-ring (bicyclic) bond motifs is 2. The van der Waals surface area contributed by atoms with Crippen molar-refractivity contribution < 1.29 is 18.9 Å². The maximum atomic E-state index is 12.6. The molecule has 0 aliphatic heterocycles. The minimum atomic E-state index is -0.555. The second kappa shape index (κ2) is 8.51. The van der Waals surface area contributed by atoms with Crippen molar-refractivity contribution >= 4 is 33.6 Å². The number of rotatable bonds is 5. The Hall–Kier alpha value is -4.99. The maximum Gasteiger partial charge on any atom is 0.271 e. The van der Waals surface area contributed by atoms with Crippen LogP contribution in [0.1, 0.15) is 10.4 Å². The second-order valence-corrected chi connectivity index (χ2v) is 7.30. The molecule has 5 aromatic rings. The summed E-state index contributed by atoms with van der Waals surface area (Å²) in [5.74, 6) is 0.464. The number of methoxy groups -OCH3 is 1. The molecule has 10 nitrogen and oxygen atoms in total. The summed E-state index contributed by atoms with van der Waals surface area (Å²) in [5.41, 5.74) is 5.23. The number of amides is 1. The number of nitrogens with zero attached hydrogens (tertiary/aromatic N) is 3. The van der Waals surface area contributed by atoms with Gasteiger partial charge in [-0.2, -0.15) is 0 Å². The van der Waals surface area contributed by atoms with Crippen LogP contribution in [0.15, 0.2) is 82.3 Å². The summed E-state index contributed by atoms with van der Waals surface area (Å²) >= 11 is 0. The summed E-state index contributed by atoms with van der Waals surface area (Å²) in [5, 5.41) is 15.8. The van der Waals surface area contributed by atoms with Crippen LogP contribution in [-0.4, -0.2) is 27.9 Å². The molecular weight excluding hydrogens is 438 g/mol. The van der Waals surface area contributed by atoms with Gasteiger partial charge in [0.1, 0.15) is 5.82 Å². The highest BCUT2D eigenvalue weighted by atomic mass is 16.6. The van der Waals surface area contributed by atoms with Crippen molar-refractivity contribution in [2.45, 2.75) is 0 Å². The quantitative estimate of drug-likeness (QED) is 0.302. The molecule has 0 bridgehead atoms. The lowest BCUT2D eigenvalue weighted by Crippen LogP contribution is -2.22. The molecule has 0 aliphatic carbocycles. The number of carbonyl (C=O) groups excluding carboxylic acids is 1. The smallest absolute Gasteiger partial charge is 0.271 e. The van der Waals surface area contributed by atoms with E-state index < -0.39 is 10.8 Å². The fourth-order valence-electron chi connectivity index (χ4n) is 3.52. The number of nitro benzene ring substituents is 1. The van der Waals surface area contributed by atoms with Gasteiger partial charge in [0.2, 0.25) is 5.55 Å². The van der Waals surface area contributed by atoms with Gasteiger partial charge >= 0.3 is 0 Å². The predicted octanol–water partition coefficient (Wildman–Crippen LogP) is 4.14. The number of non-ortho nitro benzene ring substituents is 1. The zero-order valence-corrected chi connectivity index (χ0v) is 17.8. The van der Waals surface area contributed by atoms with Crippen LogP contribution in [0.4, 0.5) is 5.69 Å². The van der Waals surface area contributed by atoms with Gasteiger partial charge in [-0.1, -0.05) is 24.3 Å². The minimum Gasteiger partial charge on any atom is -0.493 e. The van der Waals surface area contributed by atoms with Gasteiger partial charge in [-0.15, -0.1) is 5.10 Å². The number of hydrogen-bond donors (Lipinski definition) is 2. The highest BCUT2D eigenvalue weighted by molar-refractivity contribution is 5.94. The standard InChI is InChI=1S/C24H17N5O5/c1-33-20-8-4-5-15-13-17(22-25-18-6-2-3-7-19(18)26-22)24(34-21(15)20)28-27-23(30)14-9-11-16(12-10-14)29(31)32/h2-13H,1H3,(H,25,26)(H,27,30)/b28-24+. The van der Waals surface area contributed by atoms with Crippen LogP contribution in [0, 0.1) is 10.1 Å². The first kappa shape index (κ1) is 20.9. The monoisotopic (exact) mass is 455 g/mol. The molecule has 1 amide bonds. The number of H-pyrrole nitrogens is 1. The highest BCUT2D eigenvalue weighted by Crippen LogP contribution is 2.27. The third-order valence-electron chi connectivity index (χ3n) is 5.20. The number of aromatic amines is 1. The van der Waals surface area contributed by atoms with Gasteiger partial charge < -0.3 is 14.1 Å². The van der Waals surface area contributed by atoms with E-state index in [9.17, 15) is 14.9 Å². The Labute approximate surface area is 191 Å². The minimum absolute atomic E-state index is 0.103. The zero-order valence-electron chi connectivity index (χ0n) is 17.8. The Kier molecular flexibility index (Phi) is 5.23. The maximum absolute atomic E-state index is 12.6. The zero-order chi connectivity index (χ0) is 23.7. The summed E-state index contributed by atoms with van der Waals surface area (Å²) in [4.78, 5) is 30.8. The fraction of sp³-hybridized carbons (Fsp3) is 0.0417. The molecular formula is C24H17N5O5. The lowest BCUT2D eigenvalue weighted by atomic mass is 10.1. The van der Waals surface area contributed by atoms with Gasteiger partial charge in [0, 0.05) is 23.1 Å². The largest absolute Gasteiger partial charge is 0.493 e. The molecule has 0 unspecified atom stereocenters. The molecule has 0 spiro atoms. The average Bonchev–Trinajstić information content (AvgIpc) is 3.30. The lowest BCUT2D eigenvalue weighted by molar-refractivity contribution is -0.384. The third kappa shape index (κ3) is 3.84. The number of benzene rings is 3. The van der Waals surface area contributed by atoms with Crippen molar-refractivity contribution in [2.24, 2.45) is 5.10 Å². The Morgan fingerprint density at radius 2 is 1.91 bits per heavy atom. The molecule has 3 aromatic carbocycles. The number of nitro groups is 1. The fourth-order valence-corrected chi connectivity index (χ4v) is 3.52. The van der Waals surface area contributed by atoms with Crippen LogP contribution in [0.25, 0.3) is 33.4 Å². The van der Waals surface area contributed by atoms with Crippen molar-refractivity contribution in [3.8, 4) is 17.1 Å². The molecule has 10 heteroatoms. The van der Waals surface area contributed by atoms with Crippen LogP contribution in [0.2, 0.25) is 0 Å². The first-order chi connectivity index (χ1) is 16.5. The molecule has 0 atom stereocenters. The van der Waals surface area contributed by atoms with Crippen molar-refractivity contribution in [2.75, 3.05) is 7.11 Å². The SMILES string of the molecule is COc1cccc2cc(-c3nc4ccccc4[nH]3)/c(=N\NC(=O)c3ccc([N+](=O)[O-])cc3)oc12.